The summed E-state index contributed by atoms with van der Waals surface area (Å²) in [5.41, 5.74) is 5.85. The maximum atomic E-state index is 12.0. The number of carboxylic acid groups (broad SMARTS) is 1. The summed E-state index contributed by atoms with van der Waals surface area (Å²) in [4.78, 5) is 23.1. The highest BCUT2D eigenvalue weighted by molar-refractivity contribution is 5.83. The largest absolute Gasteiger partial charge is 0.481 e. The minimum Gasteiger partial charge on any atom is -0.481 e. The Balaban J connectivity index is 2.58. The molecule has 104 valence electrons. The van der Waals surface area contributed by atoms with E-state index in [1.165, 1.54) is 0 Å². The molecule has 0 bridgehead atoms. The molecule has 0 saturated heterocycles. The van der Waals surface area contributed by atoms with Gasteiger partial charge in [-0.15, -0.1) is 0 Å². The van der Waals surface area contributed by atoms with Gasteiger partial charge in [0.25, 0.3) is 0 Å². The molecule has 0 radical (unpaired) electrons. The van der Waals surface area contributed by atoms with Crippen LogP contribution in [0.2, 0.25) is 0 Å². The van der Waals surface area contributed by atoms with Gasteiger partial charge in [0.15, 0.2) is 0 Å². The van der Waals surface area contributed by atoms with Gasteiger partial charge in [-0.25, -0.2) is 0 Å². The molecule has 18 heavy (non-hydrogen) atoms. The monoisotopic (exact) mass is 256 g/mol. The molecule has 4 unspecified atom stereocenters. The maximum absolute atomic E-state index is 12.0. The Bertz CT molecular complexity index is 307. The van der Waals surface area contributed by atoms with Crippen molar-refractivity contribution in [2.75, 3.05) is 0 Å². The van der Waals surface area contributed by atoms with Gasteiger partial charge >= 0.3 is 5.97 Å². The molecule has 1 amide bonds. The summed E-state index contributed by atoms with van der Waals surface area (Å²) in [6.07, 6.45) is 4.09. The fourth-order valence-electron chi connectivity index (χ4n) is 2.39. The average molecular weight is 256 g/mol. The van der Waals surface area contributed by atoms with Gasteiger partial charge in [-0.2, -0.15) is 0 Å². The molecule has 5 heteroatoms. The van der Waals surface area contributed by atoms with E-state index < -0.39 is 17.9 Å². The molecule has 4 atom stereocenters. The second-order valence-corrected chi connectivity index (χ2v) is 5.26. The number of carboxylic acids is 1. The van der Waals surface area contributed by atoms with Crippen molar-refractivity contribution in [3.8, 4) is 0 Å². The maximum Gasteiger partial charge on any atom is 0.308 e. The van der Waals surface area contributed by atoms with Crippen molar-refractivity contribution >= 4 is 11.9 Å². The minimum atomic E-state index is -0.822. The Morgan fingerprint density at radius 2 is 2.00 bits per heavy atom. The van der Waals surface area contributed by atoms with Crippen LogP contribution in [-0.4, -0.2) is 29.1 Å². The topological polar surface area (TPSA) is 92.4 Å². The molecule has 0 aromatic heterocycles. The summed E-state index contributed by atoms with van der Waals surface area (Å²) >= 11 is 0. The first-order valence-corrected chi connectivity index (χ1v) is 6.76. The van der Waals surface area contributed by atoms with Gasteiger partial charge < -0.3 is 16.2 Å². The molecule has 1 aliphatic rings. The molecular weight excluding hydrogens is 232 g/mol. The first-order chi connectivity index (χ1) is 8.47. The minimum absolute atomic E-state index is 0.108. The molecule has 5 nitrogen and oxygen atoms in total. The third-order valence-electron chi connectivity index (χ3n) is 3.97. The summed E-state index contributed by atoms with van der Waals surface area (Å²) in [5.74, 6) is -1.40. The number of hydrogen-bond donors (Lipinski definition) is 3. The van der Waals surface area contributed by atoms with Gasteiger partial charge in [-0.1, -0.05) is 33.1 Å². The number of amides is 1. The average Bonchev–Trinajstić information content (AvgIpc) is 2.37. The normalized spacial score (nSPS) is 27.3. The van der Waals surface area contributed by atoms with Gasteiger partial charge in [0.05, 0.1) is 12.0 Å². The van der Waals surface area contributed by atoms with Gasteiger partial charge in [-0.05, 0) is 18.8 Å². The van der Waals surface area contributed by atoms with Crippen molar-refractivity contribution in [1.29, 1.82) is 0 Å². The van der Waals surface area contributed by atoms with Gasteiger partial charge in [0, 0.05) is 6.04 Å². The molecule has 0 aromatic rings. The van der Waals surface area contributed by atoms with E-state index in [-0.39, 0.29) is 17.9 Å². The number of aliphatic carboxylic acids is 1. The Labute approximate surface area is 108 Å². The summed E-state index contributed by atoms with van der Waals surface area (Å²) in [5, 5.41) is 12.0. The second-order valence-electron chi connectivity index (χ2n) is 5.26. The third kappa shape index (κ3) is 3.70. The molecule has 0 aliphatic heterocycles. The second kappa shape index (κ2) is 6.73. The fourth-order valence-corrected chi connectivity index (χ4v) is 2.39. The quantitative estimate of drug-likeness (QED) is 0.687. The highest BCUT2D eigenvalue weighted by Gasteiger charge is 2.33. The standard InChI is InChI=1S/C13H24N2O3/c1-3-8(2)11(14)12(16)15-10-7-5-4-6-9(10)13(17)18/h8-11H,3-7,14H2,1-2H3,(H,15,16)(H,17,18). The zero-order chi connectivity index (χ0) is 13.7. The first kappa shape index (κ1) is 15.0. The number of nitrogens with one attached hydrogen (secondary N) is 1. The van der Waals surface area contributed by atoms with Crippen molar-refractivity contribution in [2.45, 2.75) is 58.0 Å². The van der Waals surface area contributed by atoms with Crippen LogP contribution in [0.4, 0.5) is 0 Å². The van der Waals surface area contributed by atoms with Crippen LogP contribution >= 0.6 is 0 Å². The summed E-state index contributed by atoms with van der Waals surface area (Å²) < 4.78 is 0. The van der Waals surface area contributed by atoms with E-state index >= 15 is 0 Å². The Kier molecular flexibility index (Phi) is 5.59. The third-order valence-corrected chi connectivity index (χ3v) is 3.97. The van der Waals surface area contributed by atoms with Crippen molar-refractivity contribution in [2.24, 2.45) is 17.6 Å². The molecule has 1 aliphatic carbocycles. The van der Waals surface area contributed by atoms with Crippen LogP contribution in [0.1, 0.15) is 46.0 Å². The molecule has 1 rings (SSSR count). The Morgan fingerprint density at radius 3 is 2.56 bits per heavy atom. The smallest absolute Gasteiger partial charge is 0.308 e. The van der Waals surface area contributed by atoms with Crippen molar-refractivity contribution in [3.05, 3.63) is 0 Å². The van der Waals surface area contributed by atoms with Crippen LogP contribution in [0.3, 0.4) is 0 Å². The van der Waals surface area contributed by atoms with E-state index in [1.807, 2.05) is 13.8 Å². The predicted molar refractivity (Wildman–Crippen MR) is 69.0 cm³/mol. The number of carbonyl (C=O) groups excluding carboxylic acids is 1. The zero-order valence-corrected chi connectivity index (χ0v) is 11.2. The number of hydrogen-bond acceptors (Lipinski definition) is 3. The van der Waals surface area contributed by atoms with Gasteiger partial charge in [0.2, 0.25) is 5.91 Å². The summed E-state index contributed by atoms with van der Waals surface area (Å²) in [7, 11) is 0. The molecule has 1 fully saturated rings. The lowest BCUT2D eigenvalue weighted by molar-refractivity contribution is -0.144. The first-order valence-electron chi connectivity index (χ1n) is 6.76. The number of rotatable bonds is 5. The molecule has 0 aromatic carbocycles. The van der Waals surface area contributed by atoms with Crippen molar-refractivity contribution < 1.29 is 14.7 Å². The van der Waals surface area contributed by atoms with Crippen LogP contribution in [0.5, 0.6) is 0 Å². The van der Waals surface area contributed by atoms with Crippen molar-refractivity contribution in [3.63, 3.8) is 0 Å². The molecule has 0 heterocycles. The van der Waals surface area contributed by atoms with E-state index in [9.17, 15) is 9.59 Å². The fraction of sp³-hybridized carbons (Fsp3) is 0.846. The molecular formula is C13H24N2O3. The van der Waals surface area contributed by atoms with Crippen LogP contribution in [0.15, 0.2) is 0 Å². The van der Waals surface area contributed by atoms with E-state index in [2.05, 4.69) is 5.32 Å². The lowest BCUT2D eigenvalue weighted by Crippen LogP contribution is -2.52. The zero-order valence-electron chi connectivity index (χ0n) is 11.2. The molecule has 4 N–H and O–H groups in total. The number of carbonyl (C=O) groups is 2. The van der Waals surface area contributed by atoms with Gasteiger partial charge in [0.1, 0.15) is 0 Å². The highest BCUT2D eigenvalue weighted by atomic mass is 16.4. The number of nitrogens with two attached hydrogens (primary N) is 1. The lowest BCUT2D eigenvalue weighted by atomic mass is 9.84. The summed E-state index contributed by atoms with van der Waals surface area (Å²) in [6.45, 7) is 3.91. The van der Waals surface area contributed by atoms with E-state index in [1.54, 1.807) is 0 Å². The SMILES string of the molecule is CCC(C)C(N)C(=O)NC1CCCCC1C(=O)O. The van der Waals surface area contributed by atoms with Crippen LogP contribution in [0.25, 0.3) is 0 Å². The molecule has 0 spiro atoms. The summed E-state index contributed by atoms with van der Waals surface area (Å²) in [6, 6.07) is -0.815. The van der Waals surface area contributed by atoms with Crippen LogP contribution < -0.4 is 11.1 Å². The lowest BCUT2D eigenvalue weighted by Gasteiger charge is -2.30. The molecule has 1 saturated carbocycles. The van der Waals surface area contributed by atoms with Crippen LogP contribution in [0, 0.1) is 11.8 Å². The van der Waals surface area contributed by atoms with Gasteiger partial charge in [-0.3, -0.25) is 9.59 Å². The highest BCUT2D eigenvalue weighted by Crippen LogP contribution is 2.24. The van der Waals surface area contributed by atoms with E-state index in [0.717, 1.165) is 25.7 Å². The Morgan fingerprint density at radius 1 is 1.39 bits per heavy atom. The van der Waals surface area contributed by atoms with Crippen molar-refractivity contribution in [1.82, 2.24) is 5.32 Å². The Hall–Kier alpha value is -1.10. The van der Waals surface area contributed by atoms with Crippen LogP contribution in [-0.2, 0) is 9.59 Å². The predicted octanol–water partition coefficient (Wildman–Crippen LogP) is 1.12. The van der Waals surface area contributed by atoms with E-state index in [0.29, 0.717) is 6.42 Å². The van der Waals surface area contributed by atoms with E-state index in [4.69, 9.17) is 10.8 Å².